The number of fused-ring (bicyclic) bond motifs is 5. The molecule has 2 aromatic carbocycles. The van der Waals surface area contributed by atoms with Crippen LogP contribution in [0, 0.1) is 11.3 Å². The molecule has 0 bridgehead atoms. The summed E-state index contributed by atoms with van der Waals surface area (Å²) in [4.78, 5) is 3.33. The van der Waals surface area contributed by atoms with Crippen LogP contribution in [0.15, 0.2) is 48.5 Å². The summed E-state index contributed by atoms with van der Waals surface area (Å²) in [5.74, 6) is 0. The summed E-state index contributed by atoms with van der Waals surface area (Å²) >= 11 is 0. The predicted octanol–water partition coefficient (Wildman–Crippen LogP) is 3.45. The fourth-order valence-electron chi connectivity index (χ4n) is 2.62. The molecule has 0 aliphatic heterocycles. The predicted molar refractivity (Wildman–Crippen MR) is 71.5 cm³/mol. The van der Waals surface area contributed by atoms with Crippen molar-refractivity contribution in [2.24, 2.45) is 0 Å². The molecular formula is C15H9N3. The quantitative estimate of drug-likeness (QED) is 0.495. The maximum Gasteiger partial charge on any atom is 0.134 e. The number of benzene rings is 2. The molecule has 0 spiro atoms. The van der Waals surface area contributed by atoms with E-state index in [-0.39, 0.29) is 0 Å². The molecule has 0 fully saturated rings. The first-order chi connectivity index (χ1) is 8.90. The molecule has 0 saturated carbocycles. The Hall–Kier alpha value is -2.73. The number of aromatic nitrogens is 2. The van der Waals surface area contributed by atoms with Crippen molar-refractivity contribution >= 4 is 27.6 Å². The van der Waals surface area contributed by atoms with Crippen molar-refractivity contribution in [3.63, 3.8) is 0 Å². The van der Waals surface area contributed by atoms with Crippen molar-refractivity contribution < 1.29 is 0 Å². The second-order valence-electron chi connectivity index (χ2n) is 4.33. The molecule has 84 valence electrons. The summed E-state index contributed by atoms with van der Waals surface area (Å²) < 4.78 is 2.11. The van der Waals surface area contributed by atoms with E-state index in [0.717, 1.165) is 27.6 Å². The minimum atomic E-state index is 0.710. The van der Waals surface area contributed by atoms with E-state index in [1.807, 2.05) is 42.5 Å². The van der Waals surface area contributed by atoms with Crippen LogP contribution in [0.3, 0.4) is 0 Å². The third kappa shape index (κ3) is 0.975. The van der Waals surface area contributed by atoms with Crippen LogP contribution in [-0.4, -0.2) is 9.38 Å². The van der Waals surface area contributed by atoms with Gasteiger partial charge in [0.1, 0.15) is 17.3 Å². The van der Waals surface area contributed by atoms with Crippen LogP contribution in [0.2, 0.25) is 0 Å². The zero-order valence-corrected chi connectivity index (χ0v) is 9.51. The van der Waals surface area contributed by atoms with E-state index in [0.29, 0.717) is 5.56 Å². The molecule has 0 saturated heterocycles. The Balaban J connectivity index is 2.42. The molecule has 0 atom stereocenters. The van der Waals surface area contributed by atoms with Gasteiger partial charge < -0.3 is 4.98 Å². The number of hydrogen-bond acceptors (Lipinski definition) is 1. The Morgan fingerprint density at radius 1 is 0.944 bits per heavy atom. The van der Waals surface area contributed by atoms with Gasteiger partial charge in [0.15, 0.2) is 0 Å². The number of hydrogen-bond donors (Lipinski definition) is 1. The SMILES string of the molecule is N#Cc1c2ccccc2n2c1[nH]c1ccccc12. The lowest BCUT2D eigenvalue weighted by atomic mass is 10.2. The summed E-state index contributed by atoms with van der Waals surface area (Å²) in [7, 11) is 0. The van der Waals surface area contributed by atoms with E-state index in [9.17, 15) is 5.26 Å². The molecule has 0 amide bonds. The fourth-order valence-corrected chi connectivity index (χ4v) is 2.62. The highest BCUT2D eigenvalue weighted by Crippen LogP contribution is 2.29. The van der Waals surface area contributed by atoms with Crippen molar-refractivity contribution in [2.75, 3.05) is 0 Å². The van der Waals surface area contributed by atoms with E-state index in [2.05, 4.69) is 21.5 Å². The van der Waals surface area contributed by atoms with Gasteiger partial charge in [-0.25, -0.2) is 0 Å². The maximum atomic E-state index is 9.36. The minimum absolute atomic E-state index is 0.710. The summed E-state index contributed by atoms with van der Waals surface area (Å²) in [6.45, 7) is 0. The monoisotopic (exact) mass is 231 g/mol. The summed E-state index contributed by atoms with van der Waals surface area (Å²) in [5.41, 5.74) is 4.81. The lowest BCUT2D eigenvalue weighted by Crippen LogP contribution is -1.78. The van der Waals surface area contributed by atoms with Crippen LogP contribution in [0.4, 0.5) is 0 Å². The van der Waals surface area contributed by atoms with Crippen LogP contribution >= 0.6 is 0 Å². The highest BCUT2D eigenvalue weighted by molar-refractivity contribution is 5.99. The van der Waals surface area contributed by atoms with E-state index < -0.39 is 0 Å². The first-order valence-corrected chi connectivity index (χ1v) is 5.80. The van der Waals surface area contributed by atoms with Gasteiger partial charge in [0.05, 0.1) is 16.6 Å². The second-order valence-corrected chi connectivity index (χ2v) is 4.33. The number of H-pyrrole nitrogens is 1. The van der Waals surface area contributed by atoms with E-state index >= 15 is 0 Å². The maximum absolute atomic E-state index is 9.36. The van der Waals surface area contributed by atoms with E-state index in [1.54, 1.807) is 0 Å². The van der Waals surface area contributed by atoms with Crippen LogP contribution in [0.5, 0.6) is 0 Å². The van der Waals surface area contributed by atoms with Crippen LogP contribution in [-0.2, 0) is 0 Å². The summed E-state index contributed by atoms with van der Waals surface area (Å²) in [6.07, 6.45) is 0. The van der Waals surface area contributed by atoms with Gasteiger partial charge in [-0.15, -0.1) is 0 Å². The topological polar surface area (TPSA) is 44.0 Å². The molecule has 0 radical (unpaired) electrons. The Morgan fingerprint density at radius 3 is 2.50 bits per heavy atom. The Kier molecular flexibility index (Phi) is 1.63. The molecule has 0 aliphatic rings. The van der Waals surface area contributed by atoms with Crippen LogP contribution < -0.4 is 0 Å². The average molecular weight is 231 g/mol. The molecule has 18 heavy (non-hydrogen) atoms. The zero-order valence-electron chi connectivity index (χ0n) is 9.51. The number of nitrogens with one attached hydrogen (secondary N) is 1. The third-order valence-electron chi connectivity index (χ3n) is 3.38. The number of aromatic amines is 1. The van der Waals surface area contributed by atoms with Crippen molar-refractivity contribution in [3.05, 3.63) is 54.1 Å². The number of para-hydroxylation sites is 3. The zero-order chi connectivity index (χ0) is 12.1. The van der Waals surface area contributed by atoms with Gasteiger partial charge in [0.25, 0.3) is 0 Å². The summed E-state index contributed by atoms with van der Waals surface area (Å²) in [5, 5.41) is 10.4. The molecule has 3 heteroatoms. The Bertz CT molecular complexity index is 935. The highest BCUT2D eigenvalue weighted by Gasteiger charge is 2.14. The average Bonchev–Trinajstić information content (AvgIpc) is 2.92. The van der Waals surface area contributed by atoms with Crippen LogP contribution in [0.1, 0.15) is 5.56 Å². The van der Waals surface area contributed by atoms with Gasteiger partial charge in [-0.05, 0) is 18.2 Å². The number of nitriles is 1. The molecule has 4 aromatic rings. The molecule has 0 unspecified atom stereocenters. The molecular weight excluding hydrogens is 222 g/mol. The Labute approximate surface area is 103 Å². The van der Waals surface area contributed by atoms with Crippen molar-refractivity contribution in [2.45, 2.75) is 0 Å². The first-order valence-electron chi connectivity index (χ1n) is 5.80. The van der Waals surface area contributed by atoms with Crippen molar-refractivity contribution in [1.29, 1.82) is 5.26 Å². The van der Waals surface area contributed by atoms with E-state index in [4.69, 9.17) is 0 Å². The number of rotatable bonds is 0. The van der Waals surface area contributed by atoms with Gasteiger partial charge in [-0.2, -0.15) is 5.26 Å². The lowest BCUT2D eigenvalue weighted by Gasteiger charge is -1.94. The standard InChI is InChI=1S/C15H9N3/c16-9-11-10-5-1-3-7-13(10)18-14-8-4-2-6-12(14)17-15(11)18/h1-8,17H. The first kappa shape index (κ1) is 9.32. The third-order valence-corrected chi connectivity index (χ3v) is 3.38. The van der Waals surface area contributed by atoms with Crippen molar-refractivity contribution in [1.82, 2.24) is 9.38 Å². The molecule has 3 nitrogen and oxygen atoms in total. The Morgan fingerprint density at radius 2 is 1.67 bits per heavy atom. The minimum Gasteiger partial charge on any atom is -0.338 e. The van der Waals surface area contributed by atoms with Gasteiger partial charge in [-0.3, -0.25) is 4.40 Å². The molecule has 2 aromatic heterocycles. The smallest absolute Gasteiger partial charge is 0.134 e. The van der Waals surface area contributed by atoms with Crippen molar-refractivity contribution in [3.8, 4) is 6.07 Å². The number of nitrogens with zero attached hydrogens (tertiary/aromatic N) is 2. The lowest BCUT2D eigenvalue weighted by molar-refractivity contribution is 1.32. The molecule has 2 heterocycles. The normalized spacial score (nSPS) is 11.3. The molecule has 0 aliphatic carbocycles. The second kappa shape index (κ2) is 3.14. The largest absolute Gasteiger partial charge is 0.338 e. The number of imidazole rings is 1. The molecule has 4 rings (SSSR count). The van der Waals surface area contributed by atoms with Crippen LogP contribution in [0.25, 0.3) is 27.6 Å². The summed E-state index contributed by atoms with van der Waals surface area (Å²) in [6, 6.07) is 18.4. The van der Waals surface area contributed by atoms with Gasteiger partial charge in [-0.1, -0.05) is 30.3 Å². The van der Waals surface area contributed by atoms with E-state index in [1.165, 1.54) is 0 Å². The van der Waals surface area contributed by atoms with Gasteiger partial charge in [0.2, 0.25) is 0 Å². The van der Waals surface area contributed by atoms with Gasteiger partial charge in [0, 0.05) is 5.39 Å². The van der Waals surface area contributed by atoms with Gasteiger partial charge >= 0.3 is 0 Å². The molecule has 1 N–H and O–H groups in total. The fraction of sp³-hybridized carbons (Fsp3) is 0. The highest BCUT2D eigenvalue weighted by atomic mass is 15.0.